The predicted octanol–water partition coefficient (Wildman–Crippen LogP) is 1.69. The van der Waals surface area contributed by atoms with E-state index in [4.69, 9.17) is 0 Å². The van der Waals surface area contributed by atoms with E-state index in [1.807, 2.05) is 0 Å². The van der Waals surface area contributed by atoms with E-state index >= 15 is 0 Å². The molecular weight excluding hydrogens is 310 g/mol. The van der Waals surface area contributed by atoms with Crippen molar-refractivity contribution in [3.05, 3.63) is 29.8 Å². The number of hydrogen-bond acceptors (Lipinski definition) is 3. The second-order valence-electron chi connectivity index (χ2n) is 6.14. The highest BCUT2D eigenvalue weighted by molar-refractivity contribution is 5.99. The van der Waals surface area contributed by atoms with Gasteiger partial charge in [-0.1, -0.05) is 6.07 Å². The number of hydrogen-bond donors (Lipinski definition) is 2. The first kappa shape index (κ1) is 16.3. The SMILES string of the molecule is O=C(O)C1CCCCN1C(=O)c1cccc(N2CCCNC2=O)c1. The first-order valence-electron chi connectivity index (χ1n) is 8.27. The molecule has 2 fully saturated rings. The molecule has 0 spiro atoms. The van der Waals surface area contributed by atoms with Crippen molar-refractivity contribution in [1.29, 1.82) is 0 Å². The van der Waals surface area contributed by atoms with Crippen molar-refractivity contribution in [2.45, 2.75) is 31.7 Å². The van der Waals surface area contributed by atoms with Crippen molar-refractivity contribution in [2.75, 3.05) is 24.5 Å². The van der Waals surface area contributed by atoms with Crippen molar-refractivity contribution in [2.24, 2.45) is 0 Å². The molecule has 2 aliphatic heterocycles. The summed E-state index contributed by atoms with van der Waals surface area (Å²) < 4.78 is 0. The van der Waals surface area contributed by atoms with Crippen LogP contribution in [-0.4, -0.2) is 53.6 Å². The van der Waals surface area contributed by atoms with Gasteiger partial charge in [0.15, 0.2) is 0 Å². The van der Waals surface area contributed by atoms with Crippen LogP contribution in [0.1, 0.15) is 36.0 Å². The minimum absolute atomic E-state index is 0.174. The standard InChI is InChI=1S/C17H21N3O4/c21-15(20-9-2-1-7-14(20)16(22)23)12-5-3-6-13(11-12)19-10-4-8-18-17(19)24/h3,5-6,11,14H,1-2,4,7-10H2,(H,18,24)(H,22,23). The van der Waals surface area contributed by atoms with Crippen LogP contribution in [0.3, 0.4) is 0 Å². The van der Waals surface area contributed by atoms with E-state index in [0.717, 1.165) is 19.3 Å². The molecule has 2 N–H and O–H groups in total. The number of carboxylic acid groups (broad SMARTS) is 1. The number of rotatable bonds is 3. The van der Waals surface area contributed by atoms with Gasteiger partial charge in [-0.2, -0.15) is 0 Å². The molecule has 7 nitrogen and oxygen atoms in total. The van der Waals surface area contributed by atoms with Crippen molar-refractivity contribution in [1.82, 2.24) is 10.2 Å². The number of aliphatic carboxylic acids is 1. The number of piperidine rings is 1. The van der Waals surface area contributed by atoms with Crippen LogP contribution in [0.2, 0.25) is 0 Å². The van der Waals surface area contributed by atoms with Gasteiger partial charge in [0.05, 0.1) is 0 Å². The van der Waals surface area contributed by atoms with E-state index in [0.29, 0.717) is 37.3 Å². The lowest BCUT2D eigenvalue weighted by molar-refractivity contribution is -0.143. The molecule has 2 heterocycles. The van der Waals surface area contributed by atoms with Gasteiger partial charge in [0.2, 0.25) is 0 Å². The lowest BCUT2D eigenvalue weighted by atomic mass is 10.0. The normalized spacial score (nSPS) is 21.3. The van der Waals surface area contributed by atoms with E-state index in [1.54, 1.807) is 29.2 Å². The number of likely N-dealkylation sites (tertiary alicyclic amines) is 1. The summed E-state index contributed by atoms with van der Waals surface area (Å²) in [5, 5.41) is 12.1. The molecule has 24 heavy (non-hydrogen) atoms. The summed E-state index contributed by atoms with van der Waals surface area (Å²) in [5.41, 5.74) is 1.07. The molecule has 2 aliphatic rings. The third-order valence-corrected chi connectivity index (χ3v) is 4.53. The fourth-order valence-electron chi connectivity index (χ4n) is 3.28. The molecule has 2 saturated heterocycles. The Kier molecular flexibility index (Phi) is 4.69. The highest BCUT2D eigenvalue weighted by atomic mass is 16.4. The Morgan fingerprint density at radius 2 is 2.00 bits per heavy atom. The number of amides is 3. The number of nitrogens with one attached hydrogen (secondary N) is 1. The number of urea groups is 1. The number of carboxylic acids is 1. The fraction of sp³-hybridized carbons (Fsp3) is 0.471. The number of benzene rings is 1. The molecule has 0 saturated carbocycles. The quantitative estimate of drug-likeness (QED) is 0.882. The van der Waals surface area contributed by atoms with Gasteiger partial charge in [0.25, 0.3) is 5.91 Å². The Bertz CT molecular complexity index is 661. The third-order valence-electron chi connectivity index (χ3n) is 4.53. The monoisotopic (exact) mass is 331 g/mol. The maximum Gasteiger partial charge on any atom is 0.326 e. The third kappa shape index (κ3) is 3.20. The molecule has 7 heteroatoms. The van der Waals surface area contributed by atoms with Crippen LogP contribution in [0, 0.1) is 0 Å². The van der Waals surface area contributed by atoms with Gasteiger partial charge < -0.3 is 15.3 Å². The van der Waals surface area contributed by atoms with E-state index in [9.17, 15) is 19.5 Å². The Morgan fingerprint density at radius 3 is 2.75 bits per heavy atom. The van der Waals surface area contributed by atoms with Gasteiger partial charge in [0, 0.05) is 30.9 Å². The van der Waals surface area contributed by atoms with E-state index in [-0.39, 0.29) is 11.9 Å². The summed E-state index contributed by atoms with van der Waals surface area (Å²) in [6.45, 7) is 1.71. The number of nitrogens with zero attached hydrogens (tertiary/aromatic N) is 2. The number of anilines is 1. The zero-order chi connectivity index (χ0) is 17.1. The minimum Gasteiger partial charge on any atom is -0.480 e. The molecule has 0 bridgehead atoms. The van der Waals surface area contributed by atoms with E-state index < -0.39 is 12.0 Å². The first-order valence-corrected chi connectivity index (χ1v) is 8.27. The average molecular weight is 331 g/mol. The minimum atomic E-state index is -0.963. The first-order chi connectivity index (χ1) is 11.6. The zero-order valence-electron chi connectivity index (χ0n) is 13.4. The average Bonchev–Trinajstić information content (AvgIpc) is 2.61. The van der Waals surface area contributed by atoms with Gasteiger partial charge >= 0.3 is 12.0 Å². The Labute approximate surface area is 140 Å². The van der Waals surface area contributed by atoms with Crippen LogP contribution in [0.5, 0.6) is 0 Å². The molecule has 0 radical (unpaired) electrons. The molecule has 3 rings (SSSR count). The molecular formula is C17H21N3O4. The summed E-state index contributed by atoms with van der Waals surface area (Å²) in [4.78, 5) is 39.2. The molecule has 128 valence electrons. The largest absolute Gasteiger partial charge is 0.480 e. The summed E-state index contributed by atoms with van der Waals surface area (Å²) in [5.74, 6) is -1.25. The highest BCUT2D eigenvalue weighted by Gasteiger charge is 2.32. The van der Waals surface area contributed by atoms with Crippen LogP contribution in [0.25, 0.3) is 0 Å². The van der Waals surface area contributed by atoms with Crippen LogP contribution in [-0.2, 0) is 4.79 Å². The second kappa shape index (κ2) is 6.90. The molecule has 1 atom stereocenters. The second-order valence-corrected chi connectivity index (χ2v) is 6.14. The Hall–Kier alpha value is -2.57. The van der Waals surface area contributed by atoms with Crippen LogP contribution < -0.4 is 10.2 Å². The molecule has 1 aromatic carbocycles. The molecule has 1 unspecified atom stereocenters. The lowest BCUT2D eigenvalue weighted by Gasteiger charge is -2.33. The molecule has 0 aliphatic carbocycles. The van der Waals surface area contributed by atoms with Gasteiger partial charge in [-0.05, 0) is 43.9 Å². The molecule has 3 amide bonds. The lowest BCUT2D eigenvalue weighted by Crippen LogP contribution is -2.48. The predicted molar refractivity (Wildman–Crippen MR) is 88.1 cm³/mol. The smallest absolute Gasteiger partial charge is 0.326 e. The van der Waals surface area contributed by atoms with Crippen molar-refractivity contribution in [3.8, 4) is 0 Å². The van der Waals surface area contributed by atoms with Crippen molar-refractivity contribution in [3.63, 3.8) is 0 Å². The number of carbonyl (C=O) groups is 3. The maximum absolute atomic E-state index is 12.8. The van der Waals surface area contributed by atoms with Gasteiger partial charge in [0.1, 0.15) is 6.04 Å². The van der Waals surface area contributed by atoms with E-state index in [2.05, 4.69) is 5.32 Å². The zero-order valence-corrected chi connectivity index (χ0v) is 13.4. The Morgan fingerprint density at radius 1 is 1.17 bits per heavy atom. The summed E-state index contributed by atoms with van der Waals surface area (Å²) in [6, 6.07) is 5.90. The van der Waals surface area contributed by atoms with Crippen LogP contribution in [0.4, 0.5) is 10.5 Å². The number of carbonyl (C=O) groups excluding carboxylic acids is 2. The van der Waals surface area contributed by atoms with Gasteiger partial charge in [-0.15, -0.1) is 0 Å². The van der Waals surface area contributed by atoms with E-state index in [1.165, 1.54) is 4.90 Å². The maximum atomic E-state index is 12.8. The molecule has 0 aromatic heterocycles. The van der Waals surface area contributed by atoms with Crippen molar-refractivity contribution < 1.29 is 19.5 Å². The summed E-state index contributed by atoms with van der Waals surface area (Å²) in [6.07, 6.45) is 2.95. The fourth-order valence-corrected chi connectivity index (χ4v) is 3.28. The van der Waals surface area contributed by atoms with Gasteiger partial charge in [-0.3, -0.25) is 9.69 Å². The highest BCUT2D eigenvalue weighted by Crippen LogP contribution is 2.23. The summed E-state index contributed by atoms with van der Waals surface area (Å²) in [7, 11) is 0. The van der Waals surface area contributed by atoms with Crippen LogP contribution >= 0.6 is 0 Å². The summed E-state index contributed by atoms with van der Waals surface area (Å²) >= 11 is 0. The van der Waals surface area contributed by atoms with Crippen molar-refractivity contribution >= 4 is 23.6 Å². The topological polar surface area (TPSA) is 89.9 Å². The molecule has 1 aromatic rings. The Balaban J connectivity index is 1.83. The van der Waals surface area contributed by atoms with Crippen LogP contribution in [0.15, 0.2) is 24.3 Å². The van der Waals surface area contributed by atoms with Gasteiger partial charge in [-0.25, -0.2) is 9.59 Å².